The lowest BCUT2D eigenvalue weighted by Crippen LogP contribution is -2.33. The van der Waals surface area contributed by atoms with Crippen LogP contribution in [-0.4, -0.2) is 41.2 Å². The first-order valence-electron chi connectivity index (χ1n) is 8.53. The maximum atomic E-state index is 12.7. The quantitative estimate of drug-likeness (QED) is 0.475. The maximum Gasteiger partial charge on any atom is 0.262 e. The van der Waals surface area contributed by atoms with Crippen molar-refractivity contribution in [2.45, 2.75) is 26.3 Å². The molecule has 3 N–H and O–H groups in total. The van der Waals surface area contributed by atoms with Crippen molar-refractivity contribution in [3.8, 4) is 11.5 Å². The number of carbonyl (C=O) groups is 2. The largest absolute Gasteiger partial charge is 0.454 e. The van der Waals surface area contributed by atoms with E-state index in [1.807, 2.05) is 0 Å². The number of carbonyl (C=O) groups excluding carboxylic acids is 2. The van der Waals surface area contributed by atoms with Crippen molar-refractivity contribution in [3.63, 3.8) is 0 Å². The van der Waals surface area contributed by atoms with E-state index < -0.39 is 0 Å². The molecule has 2 amide bonds. The Morgan fingerprint density at radius 2 is 1.93 bits per heavy atom. The molecule has 1 aromatic carbocycles. The molecule has 3 rings (SSSR count). The first kappa shape index (κ1) is 18.9. The molecule has 144 valence electrons. The molecule has 0 unspecified atom stereocenters. The van der Waals surface area contributed by atoms with Gasteiger partial charge in [0.15, 0.2) is 16.3 Å². The van der Waals surface area contributed by atoms with E-state index in [4.69, 9.17) is 21.7 Å². The molecule has 0 saturated heterocycles. The number of hydrogen-bond donors (Lipinski definition) is 3. The van der Waals surface area contributed by atoms with Crippen molar-refractivity contribution in [1.29, 1.82) is 0 Å². The number of hydrogen-bond acceptors (Lipinski definition) is 6. The van der Waals surface area contributed by atoms with E-state index in [-0.39, 0.29) is 35.4 Å². The third kappa shape index (κ3) is 4.45. The van der Waals surface area contributed by atoms with E-state index in [1.165, 1.54) is 11.5 Å². The predicted octanol–water partition coefficient (Wildman–Crippen LogP) is 0.820. The highest BCUT2D eigenvalue weighted by Gasteiger charge is 2.17. The molecule has 2 aromatic rings. The number of rotatable bonds is 7. The number of aromatic amines is 1. The van der Waals surface area contributed by atoms with Gasteiger partial charge in [0.1, 0.15) is 0 Å². The summed E-state index contributed by atoms with van der Waals surface area (Å²) in [7, 11) is 0. The molecule has 0 atom stereocenters. The number of benzene rings is 1. The number of amides is 2. The number of ether oxygens (including phenoxy) is 2. The van der Waals surface area contributed by atoms with Gasteiger partial charge in [0.05, 0.1) is 10.9 Å². The number of fused-ring (bicyclic) bond motifs is 2. The zero-order valence-electron chi connectivity index (χ0n) is 14.8. The van der Waals surface area contributed by atoms with E-state index in [9.17, 15) is 14.4 Å². The van der Waals surface area contributed by atoms with Gasteiger partial charge in [-0.15, -0.1) is 0 Å². The van der Waals surface area contributed by atoms with Gasteiger partial charge in [-0.2, -0.15) is 0 Å². The van der Waals surface area contributed by atoms with Gasteiger partial charge < -0.3 is 25.1 Å². The van der Waals surface area contributed by atoms with Gasteiger partial charge in [0.25, 0.3) is 5.56 Å². The summed E-state index contributed by atoms with van der Waals surface area (Å²) in [6.07, 6.45) is 0.708. The lowest BCUT2D eigenvalue weighted by molar-refractivity contribution is -0.122. The van der Waals surface area contributed by atoms with Crippen LogP contribution in [0.5, 0.6) is 11.5 Å². The molecule has 1 aliphatic rings. The van der Waals surface area contributed by atoms with Crippen LogP contribution in [0.2, 0.25) is 0 Å². The molecule has 0 radical (unpaired) electrons. The third-order valence-electron chi connectivity index (χ3n) is 4.08. The number of nitrogens with zero attached hydrogens (tertiary/aromatic N) is 1. The second-order valence-electron chi connectivity index (χ2n) is 6.07. The van der Waals surface area contributed by atoms with Gasteiger partial charge in [0.2, 0.25) is 18.6 Å². The minimum atomic E-state index is -0.238. The molecular weight excluding hydrogens is 372 g/mol. The fourth-order valence-electron chi connectivity index (χ4n) is 2.77. The second kappa shape index (κ2) is 8.21. The molecule has 9 nitrogen and oxygen atoms in total. The average molecular weight is 392 g/mol. The van der Waals surface area contributed by atoms with Crippen LogP contribution in [0.3, 0.4) is 0 Å². The second-order valence-corrected chi connectivity index (χ2v) is 6.46. The predicted molar refractivity (Wildman–Crippen MR) is 100 cm³/mol. The van der Waals surface area contributed by atoms with E-state index >= 15 is 0 Å². The average Bonchev–Trinajstić information content (AvgIpc) is 3.07. The summed E-state index contributed by atoms with van der Waals surface area (Å²) in [6, 6.07) is 3.33. The number of aromatic nitrogens is 2. The highest BCUT2D eigenvalue weighted by atomic mass is 32.1. The molecule has 1 aliphatic heterocycles. The van der Waals surface area contributed by atoms with E-state index in [0.29, 0.717) is 48.5 Å². The van der Waals surface area contributed by atoms with Crippen LogP contribution in [0, 0.1) is 4.77 Å². The van der Waals surface area contributed by atoms with Gasteiger partial charge in [-0.25, -0.2) is 0 Å². The monoisotopic (exact) mass is 392 g/mol. The third-order valence-corrected chi connectivity index (χ3v) is 4.40. The van der Waals surface area contributed by atoms with Crippen molar-refractivity contribution < 1.29 is 19.1 Å². The summed E-state index contributed by atoms with van der Waals surface area (Å²) in [5.74, 6) is 0.806. The zero-order valence-corrected chi connectivity index (χ0v) is 15.6. The Morgan fingerprint density at radius 1 is 1.22 bits per heavy atom. The van der Waals surface area contributed by atoms with Crippen molar-refractivity contribution in [3.05, 3.63) is 27.3 Å². The molecule has 0 aliphatic carbocycles. The van der Waals surface area contributed by atoms with E-state index in [2.05, 4.69) is 15.6 Å². The Balaban J connectivity index is 1.63. The summed E-state index contributed by atoms with van der Waals surface area (Å²) in [5.41, 5.74) is 0.347. The van der Waals surface area contributed by atoms with E-state index in [1.54, 1.807) is 12.1 Å². The van der Waals surface area contributed by atoms with Crippen molar-refractivity contribution in [2.75, 3.05) is 19.9 Å². The van der Waals surface area contributed by atoms with Crippen LogP contribution in [0.1, 0.15) is 19.8 Å². The van der Waals surface area contributed by atoms with Crippen LogP contribution in [0.4, 0.5) is 0 Å². The molecule has 1 aromatic heterocycles. The van der Waals surface area contributed by atoms with Crippen LogP contribution < -0.4 is 25.7 Å². The summed E-state index contributed by atoms with van der Waals surface area (Å²) < 4.78 is 12.3. The molecular formula is C17H20N4O5S. The molecule has 27 heavy (non-hydrogen) atoms. The summed E-state index contributed by atoms with van der Waals surface area (Å²) >= 11 is 5.28. The lowest BCUT2D eigenvalue weighted by Gasteiger charge is -2.09. The minimum absolute atomic E-state index is 0.123. The van der Waals surface area contributed by atoms with Crippen LogP contribution >= 0.6 is 12.2 Å². The maximum absolute atomic E-state index is 12.7. The van der Waals surface area contributed by atoms with Gasteiger partial charge in [-0.1, -0.05) is 0 Å². The van der Waals surface area contributed by atoms with Gasteiger partial charge >= 0.3 is 0 Å². The fourth-order valence-corrected chi connectivity index (χ4v) is 3.06. The summed E-state index contributed by atoms with van der Waals surface area (Å²) in [4.78, 5) is 38.3. The number of H-pyrrole nitrogens is 1. The Bertz CT molecular complexity index is 997. The lowest BCUT2D eigenvalue weighted by atomic mass is 10.2. The molecule has 0 bridgehead atoms. The molecule has 0 spiro atoms. The smallest absolute Gasteiger partial charge is 0.262 e. The van der Waals surface area contributed by atoms with Crippen LogP contribution in [0.15, 0.2) is 16.9 Å². The van der Waals surface area contributed by atoms with E-state index in [0.717, 1.165) is 0 Å². The van der Waals surface area contributed by atoms with Gasteiger partial charge in [-0.3, -0.25) is 19.0 Å². The van der Waals surface area contributed by atoms with Crippen LogP contribution in [0.25, 0.3) is 10.9 Å². The summed E-state index contributed by atoms with van der Waals surface area (Å²) in [6.45, 7) is 2.60. The Hall–Kier alpha value is -2.88. The van der Waals surface area contributed by atoms with Crippen molar-refractivity contribution in [1.82, 2.24) is 20.2 Å². The molecule has 10 heteroatoms. The first-order valence-corrected chi connectivity index (χ1v) is 8.94. The Morgan fingerprint density at radius 3 is 2.67 bits per heavy atom. The SMILES string of the molecule is CC(=O)NCCNC(=O)CCCn1c(=S)[nH]c2cc3c(cc2c1=O)OCO3. The highest BCUT2D eigenvalue weighted by Crippen LogP contribution is 2.34. The van der Waals surface area contributed by atoms with Crippen molar-refractivity contribution >= 4 is 34.9 Å². The molecule has 0 saturated carbocycles. The molecule has 2 heterocycles. The molecule has 0 fully saturated rings. The number of nitrogens with one attached hydrogen (secondary N) is 3. The summed E-state index contributed by atoms with van der Waals surface area (Å²) in [5, 5.41) is 5.75. The zero-order chi connectivity index (χ0) is 19.4. The minimum Gasteiger partial charge on any atom is -0.454 e. The first-order chi connectivity index (χ1) is 13.0. The van der Waals surface area contributed by atoms with Crippen molar-refractivity contribution in [2.24, 2.45) is 0 Å². The standard InChI is InChI=1S/C17H20N4O5S/c1-10(22)18-4-5-19-15(23)3-2-6-21-16(24)11-7-13-14(26-9-25-13)8-12(11)20-17(21)27/h7-8H,2-6,9H2,1H3,(H,18,22)(H,19,23)(H,20,27). The van der Waals surface area contributed by atoms with Crippen LogP contribution in [-0.2, 0) is 16.1 Å². The Labute approximate surface area is 159 Å². The fraction of sp³-hybridized carbons (Fsp3) is 0.412. The highest BCUT2D eigenvalue weighted by molar-refractivity contribution is 7.71. The topological polar surface area (TPSA) is 114 Å². The van der Waals surface area contributed by atoms with Gasteiger partial charge in [0, 0.05) is 39.0 Å². The normalized spacial score (nSPS) is 12.2. The van der Waals surface area contributed by atoms with Gasteiger partial charge in [-0.05, 0) is 24.7 Å². The Kier molecular flexibility index (Phi) is 5.75.